The highest BCUT2D eigenvalue weighted by molar-refractivity contribution is 9.10. The Kier molecular flexibility index (Phi) is 5.72. The maximum Gasteiger partial charge on any atom is 0.292 e. The number of carbonyl (C=O) groups excluding carboxylic acids is 1. The van der Waals surface area contributed by atoms with Crippen LogP contribution in [0.15, 0.2) is 59.2 Å². The van der Waals surface area contributed by atoms with Gasteiger partial charge in [0, 0.05) is 17.3 Å². The van der Waals surface area contributed by atoms with Crippen molar-refractivity contribution < 1.29 is 14.5 Å². The van der Waals surface area contributed by atoms with Gasteiger partial charge in [0.1, 0.15) is 11.4 Å². The van der Waals surface area contributed by atoms with Gasteiger partial charge in [-0.25, -0.2) is 4.68 Å². The number of halogens is 2. The van der Waals surface area contributed by atoms with Crippen molar-refractivity contribution in [2.45, 2.75) is 6.73 Å². The van der Waals surface area contributed by atoms with Crippen molar-refractivity contribution >= 4 is 44.8 Å². The van der Waals surface area contributed by atoms with E-state index in [1.807, 2.05) is 0 Å². The van der Waals surface area contributed by atoms with E-state index in [9.17, 15) is 14.9 Å². The summed E-state index contributed by atoms with van der Waals surface area (Å²) in [6, 6.07) is 12.5. The highest BCUT2D eigenvalue weighted by Gasteiger charge is 2.17. The Morgan fingerprint density at radius 2 is 2.07 bits per heavy atom. The van der Waals surface area contributed by atoms with Crippen LogP contribution < -0.4 is 10.1 Å². The molecule has 10 heteroatoms. The number of nitrogens with zero attached hydrogens (tertiary/aromatic N) is 3. The van der Waals surface area contributed by atoms with Gasteiger partial charge in [-0.2, -0.15) is 5.10 Å². The number of anilines is 1. The van der Waals surface area contributed by atoms with Crippen molar-refractivity contribution in [1.82, 2.24) is 9.78 Å². The minimum Gasteiger partial charge on any atom is -0.470 e. The third kappa shape index (κ3) is 4.63. The molecule has 0 bridgehead atoms. The van der Waals surface area contributed by atoms with Crippen LogP contribution in [0, 0.1) is 10.1 Å². The van der Waals surface area contributed by atoms with Gasteiger partial charge in [0.15, 0.2) is 12.4 Å². The van der Waals surface area contributed by atoms with Gasteiger partial charge < -0.3 is 10.1 Å². The van der Waals surface area contributed by atoms with Gasteiger partial charge in [-0.3, -0.25) is 14.9 Å². The molecule has 0 radical (unpaired) electrons. The van der Waals surface area contributed by atoms with E-state index in [2.05, 4.69) is 26.3 Å². The summed E-state index contributed by atoms with van der Waals surface area (Å²) in [5.41, 5.74) is 0.0107. The van der Waals surface area contributed by atoms with Crippen LogP contribution in [0.1, 0.15) is 10.5 Å². The topological polar surface area (TPSA) is 99.3 Å². The molecule has 0 atom stereocenters. The summed E-state index contributed by atoms with van der Waals surface area (Å²) in [7, 11) is 0. The predicted octanol–water partition coefficient (Wildman–Crippen LogP) is 4.50. The van der Waals surface area contributed by atoms with Gasteiger partial charge in [-0.05, 0) is 46.3 Å². The van der Waals surface area contributed by atoms with E-state index in [4.69, 9.17) is 16.3 Å². The lowest BCUT2D eigenvalue weighted by molar-refractivity contribution is -0.383. The van der Waals surface area contributed by atoms with E-state index in [0.29, 0.717) is 15.2 Å². The first kappa shape index (κ1) is 18.9. The molecule has 8 nitrogen and oxygen atoms in total. The van der Waals surface area contributed by atoms with Crippen molar-refractivity contribution in [1.29, 1.82) is 0 Å². The number of rotatable bonds is 6. The minimum absolute atomic E-state index is 0.0684. The zero-order valence-corrected chi connectivity index (χ0v) is 16.0. The highest BCUT2D eigenvalue weighted by atomic mass is 79.9. The summed E-state index contributed by atoms with van der Waals surface area (Å²) >= 11 is 9.23. The summed E-state index contributed by atoms with van der Waals surface area (Å²) < 4.78 is 7.73. The smallest absolute Gasteiger partial charge is 0.292 e. The molecular formula is C17H12BrClN4O4. The quantitative estimate of drug-likeness (QED) is 0.439. The number of nitrogens with one attached hydrogen (secondary N) is 1. The molecule has 1 N–H and O–H groups in total. The van der Waals surface area contributed by atoms with Crippen molar-refractivity contribution in [2.24, 2.45) is 0 Å². The maximum absolute atomic E-state index is 12.3. The van der Waals surface area contributed by atoms with Gasteiger partial charge in [0.2, 0.25) is 0 Å². The van der Waals surface area contributed by atoms with Gasteiger partial charge >= 0.3 is 0 Å². The van der Waals surface area contributed by atoms with E-state index in [0.717, 1.165) is 0 Å². The molecule has 3 rings (SSSR count). The van der Waals surface area contributed by atoms with Crippen LogP contribution in [0.5, 0.6) is 5.75 Å². The molecule has 0 unspecified atom stereocenters. The van der Waals surface area contributed by atoms with Gasteiger partial charge in [-0.1, -0.05) is 23.7 Å². The Hall–Kier alpha value is -2.91. The van der Waals surface area contributed by atoms with E-state index in [1.54, 1.807) is 30.5 Å². The normalized spacial score (nSPS) is 10.4. The molecule has 0 saturated heterocycles. The average Bonchev–Trinajstić information content (AvgIpc) is 3.10. The molecule has 1 aromatic heterocycles. The molecule has 0 aliphatic rings. The molecule has 0 fully saturated rings. The second kappa shape index (κ2) is 8.19. The number of amides is 1. The van der Waals surface area contributed by atoms with E-state index in [1.165, 1.54) is 28.9 Å². The van der Waals surface area contributed by atoms with Crippen LogP contribution in [0.25, 0.3) is 0 Å². The lowest BCUT2D eigenvalue weighted by Crippen LogP contribution is -2.15. The van der Waals surface area contributed by atoms with E-state index in [-0.39, 0.29) is 23.8 Å². The molecule has 1 amide bonds. The van der Waals surface area contributed by atoms with E-state index < -0.39 is 10.8 Å². The molecule has 1 heterocycles. The van der Waals surface area contributed by atoms with Crippen molar-refractivity contribution in [3.05, 3.63) is 80.0 Å². The first-order valence-corrected chi connectivity index (χ1v) is 8.77. The molecule has 138 valence electrons. The van der Waals surface area contributed by atoms with Crippen LogP contribution in [0.2, 0.25) is 5.02 Å². The summed E-state index contributed by atoms with van der Waals surface area (Å²) in [4.78, 5) is 22.8. The molecular weight excluding hydrogens is 440 g/mol. The Morgan fingerprint density at radius 1 is 1.30 bits per heavy atom. The molecule has 2 aromatic carbocycles. The van der Waals surface area contributed by atoms with Crippen LogP contribution in [-0.4, -0.2) is 20.6 Å². The number of benzene rings is 2. The molecule has 0 spiro atoms. The first-order valence-electron chi connectivity index (χ1n) is 7.60. The number of ether oxygens (including phenoxy) is 1. The third-order valence-corrected chi connectivity index (χ3v) is 4.32. The molecule has 3 aromatic rings. The summed E-state index contributed by atoms with van der Waals surface area (Å²) in [5, 5.41) is 18.2. The zero-order valence-electron chi connectivity index (χ0n) is 13.6. The van der Waals surface area contributed by atoms with Crippen molar-refractivity contribution in [3.8, 4) is 5.75 Å². The second-order valence-electron chi connectivity index (χ2n) is 5.32. The average molecular weight is 452 g/mol. The Balaban J connectivity index is 1.67. The van der Waals surface area contributed by atoms with Crippen LogP contribution in [-0.2, 0) is 6.73 Å². The summed E-state index contributed by atoms with van der Waals surface area (Å²) in [6.07, 6.45) is 1.57. The Bertz CT molecular complexity index is 1010. The predicted molar refractivity (Wildman–Crippen MR) is 103 cm³/mol. The fourth-order valence-corrected chi connectivity index (χ4v) is 3.00. The third-order valence-electron chi connectivity index (χ3n) is 3.47. The fourth-order valence-electron chi connectivity index (χ4n) is 2.21. The van der Waals surface area contributed by atoms with Gasteiger partial charge in [0.05, 0.1) is 9.40 Å². The maximum atomic E-state index is 12.3. The SMILES string of the molecule is O=C(Nc1ccccc1[N+](=O)[O-])c1ccn(COc2ccc(Cl)cc2Br)n1. The van der Waals surface area contributed by atoms with Gasteiger partial charge in [0.25, 0.3) is 11.6 Å². The van der Waals surface area contributed by atoms with Crippen LogP contribution in [0.4, 0.5) is 11.4 Å². The number of hydrogen-bond donors (Lipinski definition) is 1. The highest BCUT2D eigenvalue weighted by Crippen LogP contribution is 2.28. The van der Waals surface area contributed by atoms with E-state index >= 15 is 0 Å². The minimum atomic E-state index is -0.563. The number of aromatic nitrogens is 2. The lowest BCUT2D eigenvalue weighted by Gasteiger charge is -2.08. The van der Waals surface area contributed by atoms with Crippen LogP contribution >= 0.6 is 27.5 Å². The number of nitro benzene ring substituents is 1. The monoisotopic (exact) mass is 450 g/mol. The van der Waals surface area contributed by atoms with Crippen molar-refractivity contribution in [2.75, 3.05) is 5.32 Å². The molecule has 27 heavy (non-hydrogen) atoms. The number of para-hydroxylation sites is 2. The Morgan fingerprint density at radius 3 is 2.81 bits per heavy atom. The standard InChI is InChI=1S/C17H12BrClN4O4/c18-12-9-11(19)5-6-16(12)27-10-22-8-7-14(21-22)17(24)20-13-3-1-2-4-15(13)23(25)26/h1-9H,10H2,(H,20,24). The summed E-state index contributed by atoms with van der Waals surface area (Å²) in [5.74, 6) is 0.0107. The lowest BCUT2D eigenvalue weighted by atomic mass is 10.2. The number of carbonyl (C=O) groups is 1. The van der Waals surface area contributed by atoms with Gasteiger partial charge in [-0.15, -0.1) is 0 Å². The van der Waals surface area contributed by atoms with Crippen LogP contribution in [0.3, 0.4) is 0 Å². The molecule has 0 aliphatic carbocycles. The second-order valence-corrected chi connectivity index (χ2v) is 6.61. The zero-order chi connectivity index (χ0) is 19.4. The first-order chi connectivity index (χ1) is 12.9. The fraction of sp³-hybridized carbons (Fsp3) is 0.0588. The Labute approximate surface area is 167 Å². The molecule has 0 aliphatic heterocycles. The number of hydrogen-bond acceptors (Lipinski definition) is 5. The summed E-state index contributed by atoms with van der Waals surface area (Å²) in [6.45, 7) is 0.0684. The number of nitro groups is 1. The van der Waals surface area contributed by atoms with Crippen molar-refractivity contribution in [3.63, 3.8) is 0 Å². The molecule has 0 saturated carbocycles. The largest absolute Gasteiger partial charge is 0.470 e.